The fourth-order valence-electron chi connectivity index (χ4n) is 1.77. The van der Waals surface area contributed by atoms with Crippen molar-refractivity contribution in [2.45, 2.75) is 23.8 Å². The molecule has 0 unspecified atom stereocenters. The SMILES string of the molecule is COCCNS(=O)(=O)c1ccc(OCC(=O)NC2CC2)c(Cl)c1. The highest BCUT2D eigenvalue weighted by atomic mass is 35.5. The van der Waals surface area contributed by atoms with Gasteiger partial charge >= 0.3 is 0 Å². The number of ether oxygens (including phenoxy) is 2. The van der Waals surface area contributed by atoms with Gasteiger partial charge in [0.15, 0.2) is 6.61 Å². The summed E-state index contributed by atoms with van der Waals surface area (Å²) in [5.74, 6) is 0.0370. The second kappa shape index (κ2) is 7.96. The third-order valence-corrected chi connectivity index (χ3v) is 4.87. The van der Waals surface area contributed by atoms with Gasteiger partial charge in [0.1, 0.15) is 5.75 Å². The van der Waals surface area contributed by atoms with Crippen LogP contribution < -0.4 is 14.8 Å². The number of carbonyl (C=O) groups excluding carboxylic acids is 1. The number of methoxy groups -OCH3 is 1. The van der Waals surface area contributed by atoms with Gasteiger partial charge < -0.3 is 14.8 Å². The zero-order valence-electron chi connectivity index (χ0n) is 12.7. The van der Waals surface area contributed by atoms with Gasteiger partial charge in [-0.2, -0.15) is 0 Å². The molecule has 0 radical (unpaired) electrons. The average Bonchev–Trinajstić information content (AvgIpc) is 3.30. The molecule has 2 N–H and O–H groups in total. The van der Waals surface area contributed by atoms with Gasteiger partial charge in [-0.05, 0) is 31.0 Å². The summed E-state index contributed by atoms with van der Waals surface area (Å²) < 4.78 is 36.6. The van der Waals surface area contributed by atoms with E-state index in [2.05, 4.69) is 10.0 Å². The lowest BCUT2D eigenvalue weighted by molar-refractivity contribution is -0.123. The van der Waals surface area contributed by atoms with Crippen molar-refractivity contribution in [1.82, 2.24) is 10.0 Å². The Hall–Kier alpha value is -1.35. The van der Waals surface area contributed by atoms with E-state index in [1.54, 1.807) is 0 Å². The summed E-state index contributed by atoms with van der Waals surface area (Å²) in [5, 5.41) is 2.91. The molecule has 0 aliphatic heterocycles. The van der Waals surface area contributed by atoms with Crippen molar-refractivity contribution in [2.75, 3.05) is 26.9 Å². The number of carbonyl (C=O) groups is 1. The van der Waals surface area contributed by atoms with Gasteiger partial charge in [0.05, 0.1) is 16.5 Å². The van der Waals surface area contributed by atoms with E-state index in [9.17, 15) is 13.2 Å². The molecule has 0 saturated heterocycles. The Morgan fingerprint density at radius 1 is 1.39 bits per heavy atom. The van der Waals surface area contributed by atoms with Crippen LogP contribution in [0.2, 0.25) is 5.02 Å². The van der Waals surface area contributed by atoms with Gasteiger partial charge in [-0.15, -0.1) is 0 Å². The van der Waals surface area contributed by atoms with Crippen LogP contribution >= 0.6 is 11.6 Å². The molecule has 1 aliphatic rings. The van der Waals surface area contributed by atoms with E-state index < -0.39 is 10.0 Å². The largest absolute Gasteiger partial charge is 0.482 e. The maximum absolute atomic E-state index is 12.0. The first kappa shape index (κ1) is 18.0. The predicted molar refractivity (Wildman–Crippen MR) is 85.2 cm³/mol. The van der Waals surface area contributed by atoms with Crippen molar-refractivity contribution in [3.8, 4) is 5.75 Å². The summed E-state index contributed by atoms with van der Waals surface area (Å²) in [7, 11) is -2.18. The number of benzene rings is 1. The maximum atomic E-state index is 12.0. The fraction of sp³-hybridized carbons (Fsp3) is 0.500. The van der Waals surface area contributed by atoms with Gasteiger partial charge in [0, 0.05) is 19.7 Å². The van der Waals surface area contributed by atoms with Crippen molar-refractivity contribution < 1.29 is 22.7 Å². The van der Waals surface area contributed by atoms with Gasteiger partial charge in [0.25, 0.3) is 5.91 Å². The minimum atomic E-state index is -3.66. The van der Waals surface area contributed by atoms with Crippen LogP contribution in [0.3, 0.4) is 0 Å². The van der Waals surface area contributed by atoms with Crippen molar-refractivity contribution >= 4 is 27.5 Å². The zero-order valence-corrected chi connectivity index (χ0v) is 14.2. The number of nitrogens with one attached hydrogen (secondary N) is 2. The van der Waals surface area contributed by atoms with Crippen molar-refractivity contribution in [3.05, 3.63) is 23.2 Å². The topological polar surface area (TPSA) is 93.7 Å². The number of rotatable bonds is 9. The van der Waals surface area contributed by atoms with E-state index in [0.29, 0.717) is 0 Å². The van der Waals surface area contributed by atoms with E-state index in [0.717, 1.165) is 12.8 Å². The van der Waals surface area contributed by atoms with Crippen LogP contribution in [0, 0.1) is 0 Å². The molecule has 0 heterocycles. The van der Waals surface area contributed by atoms with Crippen LogP contribution in [0.5, 0.6) is 5.75 Å². The number of hydrogen-bond donors (Lipinski definition) is 2. The van der Waals surface area contributed by atoms with Crippen molar-refractivity contribution in [1.29, 1.82) is 0 Å². The summed E-state index contributed by atoms with van der Waals surface area (Å²) >= 11 is 6.02. The van der Waals surface area contributed by atoms with Gasteiger partial charge in [-0.1, -0.05) is 11.6 Å². The minimum Gasteiger partial charge on any atom is -0.482 e. The highest BCUT2D eigenvalue weighted by Crippen LogP contribution is 2.27. The number of hydrogen-bond acceptors (Lipinski definition) is 5. The molecule has 0 aromatic heterocycles. The third-order valence-electron chi connectivity index (χ3n) is 3.11. The molecule has 0 bridgehead atoms. The number of amides is 1. The van der Waals surface area contributed by atoms with E-state index in [1.807, 2.05) is 0 Å². The fourth-order valence-corrected chi connectivity index (χ4v) is 3.11. The second-order valence-corrected chi connectivity index (χ2v) is 7.29. The van der Waals surface area contributed by atoms with E-state index >= 15 is 0 Å². The number of sulfonamides is 1. The molecule has 23 heavy (non-hydrogen) atoms. The van der Waals surface area contributed by atoms with Crippen molar-refractivity contribution in [3.63, 3.8) is 0 Å². The Kier molecular flexibility index (Phi) is 6.23. The molecule has 1 amide bonds. The Labute approximate surface area is 140 Å². The lowest BCUT2D eigenvalue weighted by Gasteiger charge is -2.10. The van der Waals surface area contributed by atoms with Crippen LogP contribution in [-0.2, 0) is 19.6 Å². The lowest BCUT2D eigenvalue weighted by atomic mass is 10.3. The Bertz CT molecular complexity index is 661. The molecule has 1 aromatic rings. The Balaban J connectivity index is 1.94. The molecule has 1 aliphatic carbocycles. The second-order valence-electron chi connectivity index (χ2n) is 5.11. The highest BCUT2D eigenvalue weighted by Gasteiger charge is 2.23. The molecule has 1 saturated carbocycles. The van der Waals surface area contributed by atoms with Crippen LogP contribution in [0.15, 0.2) is 23.1 Å². The van der Waals surface area contributed by atoms with E-state index in [-0.39, 0.29) is 47.4 Å². The Morgan fingerprint density at radius 3 is 2.74 bits per heavy atom. The molecular weight excluding hydrogens is 344 g/mol. The molecule has 9 heteroatoms. The van der Waals surface area contributed by atoms with Gasteiger partial charge in [-0.25, -0.2) is 13.1 Å². The first-order valence-corrected chi connectivity index (χ1v) is 8.99. The molecule has 0 atom stereocenters. The predicted octanol–water partition coefficient (Wildman–Crippen LogP) is 0.922. The first-order valence-electron chi connectivity index (χ1n) is 7.12. The standard InChI is InChI=1S/C14H19ClN2O5S/c1-21-7-6-16-23(19,20)11-4-5-13(12(15)8-11)22-9-14(18)17-10-2-3-10/h4-5,8,10,16H,2-3,6-7,9H2,1H3,(H,17,18). The molecule has 1 fully saturated rings. The van der Waals surface area contributed by atoms with E-state index in [4.69, 9.17) is 21.1 Å². The summed E-state index contributed by atoms with van der Waals surface area (Å²) in [5.41, 5.74) is 0. The molecular formula is C14H19ClN2O5S. The van der Waals surface area contributed by atoms with Crippen LogP contribution in [0.4, 0.5) is 0 Å². The Morgan fingerprint density at radius 2 is 2.13 bits per heavy atom. The molecule has 128 valence electrons. The smallest absolute Gasteiger partial charge is 0.258 e. The number of halogens is 1. The third kappa shape index (κ3) is 5.65. The monoisotopic (exact) mass is 362 g/mol. The van der Waals surface area contributed by atoms with Gasteiger partial charge in [-0.3, -0.25) is 4.79 Å². The molecule has 2 rings (SSSR count). The summed E-state index contributed by atoms with van der Waals surface area (Å²) in [6.45, 7) is 0.273. The summed E-state index contributed by atoms with van der Waals surface area (Å²) in [6, 6.07) is 4.34. The molecule has 1 aromatic carbocycles. The molecule has 0 spiro atoms. The van der Waals surface area contributed by atoms with Crippen LogP contribution in [0.25, 0.3) is 0 Å². The maximum Gasteiger partial charge on any atom is 0.258 e. The van der Waals surface area contributed by atoms with E-state index in [1.165, 1.54) is 25.3 Å². The minimum absolute atomic E-state index is 0.0217. The summed E-state index contributed by atoms with van der Waals surface area (Å²) in [6.07, 6.45) is 1.99. The average molecular weight is 363 g/mol. The summed E-state index contributed by atoms with van der Waals surface area (Å²) in [4.78, 5) is 11.6. The first-order chi connectivity index (χ1) is 10.9. The zero-order chi connectivity index (χ0) is 16.9. The molecule has 7 nitrogen and oxygen atoms in total. The highest BCUT2D eigenvalue weighted by molar-refractivity contribution is 7.89. The van der Waals surface area contributed by atoms with Gasteiger partial charge in [0.2, 0.25) is 10.0 Å². The van der Waals surface area contributed by atoms with Crippen molar-refractivity contribution in [2.24, 2.45) is 0 Å². The lowest BCUT2D eigenvalue weighted by Crippen LogP contribution is -2.30. The quantitative estimate of drug-likeness (QED) is 0.637. The van der Waals surface area contributed by atoms with Crippen LogP contribution in [0.1, 0.15) is 12.8 Å². The normalized spacial score (nSPS) is 14.5. The van der Waals surface area contributed by atoms with Crippen LogP contribution in [-0.4, -0.2) is 47.2 Å².